The molecule has 0 atom stereocenters. The maximum absolute atomic E-state index is 11.3. The van der Waals surface area contributed by atoms with Crippen molar-refractivity contribution >= 4 is 11.8 Å². The number of hydrogen-bond acceptors (Lipinski definition) is 4. The third-order valence-corrected chi connectivity index (χ3v) is 3.62. The van der Waals surface area contributed by atoms with E-state index in [2.05, 4.69) is 11.7 Å². The molecule has 20 heavy (non-hydrogen) atoms. The van der Waals surface area contributed by atoms with Crippen LogP contribution in [0, 0.1) is 0 Å². The first-order chi connectivity index (χ1) is 9.66. The zero-order chi connectivity index (χ0) is 14.8. The van der Waals surface area contributed by atoms with Crippen LogP contribution in [0.25, 0.3) is 0 Å². The predicted octanol–water partition coefficient (Wildman–Crippen LogP) is 3.85. The third-order valence-electron chi connectivity index (χ3n) is 3.62. The highest BCUT2D eigenvalue weighted by Crippen LogP contribution is 2.18. The number of cyclic esters (lactones) is 1. The van der Waals surface area contributed by atoms with Gasteiger partial charge in [0.05, 0.1) is 0 Å². The van der Waals surface area contributed by atoms with Gasteiger partial charge in [-0.15, -0.1) is 0 Å². The predicted molar refractivity (Wildman–Crippen MR) is 77.5 cm³/mol. The van der Waals surface area contributed by atoms with Crippen LogP contribution in [0.2, 0.25) is 0 Å². The first kappa shape index (κ1) is 16.7. The van der Waals surface area contributed by atoms with Crippen molar-refractivity contribution in [2.45, 2.75) is 71.1 Å². The lowest BCUT2D eigenvalue weighted by Crippen LogP contribution is -2.05. The second-order valence-corrected chi connectivity index (χ2v) is 5.40. The SMILES string of the molecule is CCCCCCCCCCCC(O)=C1C(=O)COC1=O. The Bertz CT molecular complexity index is 339. The molecule has 0 radical (unpaired) electrons. The van der Waals surface area contributed by atoms with Crippen LogP contribution in [0.1, 0.15) is 71.1 Å². The molecule has 0 saturated carbocycles. The first-order valence-electron chi connectivity index (χ1n) is 7.79. The zero-order valence-corrected chi connectivity index (χ0v) is 12.5. The Morgan fingerprint density at radius 2 is 1.55 bits per heavy atom. The molecule has 1 heterocycles. The lowest BCUT2D eigenvalue weighted by Gasteiger charge is -2.03. The highest BCUT2D eigenvalue weighted by atomic mass is 16.5. The Labute approximate surface area is 121 Å². The van der Waals surface area contributed by atoms with Gasteiger partial charge in [0.2, 0.25) is 5.78 Å². The standard InChI is InChI=1S/C16H26O4/c1-2-3-4-5-6-7-8-9-10-11-13(17)15-14(18)12-20-16(15)19/h17H,2-12H2,1H3. The summed E-state index contributed by atoms with van der Waals surface area (Å²) >= 11 is 0. The number of ether oxygens (including phenoxy) is 1. The quantitative estimate of drug-likeness (QED) is 0.217. The van der Waals surface area contributed by atoms with E-state index >= 15 is 0 Å². The molecule has 0 aromatic rings. The van der Waals surface area contributed by atoms with Gasteiger partial charge in [0.15, 0.2) is 6.61 Å². The van der Waals surface area contributed by atoms with Crippen molar-refractivity contribution in [1.82, 2.24) is 0 Å². The number of aliphatic hydroxyl groups is 1. The largest absolute Gasteiger partial charge is 0.511 e. The van der Waals surface area contributed by atoms with E-state index < -0.39 is 11.8 Å². The molecule has 1 fully saturated rings. The fourth-order valence-electron chi connectivity index (χ4n) is 2.40. The van der Waals surface area contributed by atoms with E-state index in [0.717, 1.165) is 19.3 Å². The smallest absolute Gasteiger partial charge is 0.345 e. The summed E-state index contributed by atoms with van der Waals surface area (Å²) in [5.41, 5.74) is -0.135. The van der Waals surface area contributed by atoms with Crippen molar-refractivity contribution in [3.63, 3.8) is 0 Å². The highest BCUT2D eigenvalue weighted by molar-refractivity contribution is 6.22. The molecule has 0 spiro atoms. The molecule has 4 heteroatoms. The summed E-state index contributed by atoms with van der Waals surface area (Å²) in [7, 11) is 0. The fraction of sp³-hybridized carbons (Fsp3) is 0.750. The molecule has 1 rings (SSSR count). The lowest BCUT2D eigenvalue weighted by molar-refractivity contribution is -0.135. The summed E-state index contributed by atoms with van der Waals surface area (Å²) in [5.74, 6) is -1.17. The minimum Gasteiger partial charge on any atom is -0.511 e. The van der Waals surface area contributed by atoms with Crippen molar-refractivity contribution in [2.75, 3.05) is 6.61 Å². The molecule has 1 N–H and O–H groups in total. The van der Waals surface area contributed by atoms with Crippen molar-refractivity contribution in [1.29, 1.82) is 0 Å². The Morgan fingerprint density at radius 1 is 1.00 bits per heavy atom. The number of esters is 1. The van der Waals surface area contributed by atoms with Gasteiger partial charge in [-0.1, -0.05) is 58.3 Å². The Kier molecular flexibility index (Phi) is 8.00. The summed E-state index contributed by atoms with van der Waals surface area (Å²) in [6.45, 7) is 1.99. The highest BCUT2D eigenvalue weighted by Gasteiger charge is 2.31. The van der Waals surface area contributed by atoms with Crippen LogP contribution in [0.4, 0.5) is 0 Å². The number of hydrogen-bond donors (Lipinski definition) is 1. The Hall–Kier alpha value is -1.32. The number of unbranched alkanes of at least 4 members (excludes halogenated alkanes) is 8. The summed E-state index contributed by atoms with van der Waals surface area (Å²) in [6.07, 6.45) is 11.1. The zero-order valence-electron chi connectivity index (χ0n) is 12.5. The molecule has 0 aliphatic carbocycles. The van der Waals surface area contributed by atoms with E-state index in [-0.39, 0.29) is 17.9 Å². The van der Waals surface area contributed by atoms with E-state index in [1.165, 1.54) is 38.5 Å². The summed E-state index contributed by atoms with van der Waals surface area (Å²) in [6, 6.07) is 0. The van der Waals surface area contributed by atoms with Gasteiger partial charge in [0.1, 0.15) is 11.3 Å². The molecule has 0 bridgehead atoms. The van der Waals surface area contributed by atoms with Gasteiger partial charge in [0, 0.05) is 6.42 Å². The molecular weight excluding hydrogens is 256 g/mol. The molecule has 1 aliphatic rings. The van der Waals surface area contributed by atoms with Crippen molar-refractivity contribution in [3.8, 4) is 0 Å². The maximum Gasteiger partial charge on any atom is 0.345 e. The fourth-order valence-corrected chi connectivity index (χ4v) is 2.40. The van der Waals surface area contributed by atoms with E-state index in [9.17, 15) is 14.7 Å². The molecule has 4 nitrogen and oxygen atoms in total. The lowest BCUT2D eigenvalue weighted by atomic mass is 10.0. The monoisotopic (exact) mass is 282 g/mol. The average Bonchev–Trinajstić information content (AvgIpc) is 2.76. The Morgan fingerprint density at radius 3 is 2.05 bits per heavy atom. The van der Waals surface area contributed by atoms with Crippen LogP contribution in [0.3, 0.4) is 0 Å². The van der Waals surface area contributed by atoms with Crippen molar-refractivity contribution < 1.29 is 19.4 Å². The van der Waals surface area contributed by atoms with Crippen LogP contribution in [-0.4, -0.2) is 23.5 Å². The topological polar surface area (TPSA) is 63.6 Å². The summed E-state index contributed by atoms with van der Waals surface area (Å²) in [4.78, 5) is 22.5. The van der Waals surface area contributed by atoms with Crippen LogP contribution in [-0.2, 0) is 14.3 Å². The molecule has 0 unspecified atom stereocenters. The van der Waals surface area contributed by atoms with Gasteiger partial charge in [-0.25, -0.2) is 4.79 Å². The summed E-state index contributed by atoms with van der Waals surface area (Å²) in [5, 5.41) is 9.75. The van der Waals surface area contributed by atoms with E-state index in [1.807, 2.05) is 0 Å². The van der Waals surface area contributed by atoms with E-state index in [0.29, 0.717) is 6.42 Å². The van der Waals surface area contributed by atoms with Crippen LogP contribution in [0.15, 0.2) is 11.3 Å². The van der Waals surface area contributed by atoms with Gasteiger partial charge in [0.25, 0.3) is 0 Å². The number of carbonyl (C=O) groups excluding carboxylic acids is 2. The number of allylic oxidation sites excluding steroid dienone is 1. The van der Waals surface area contributed by atoms with Crippen LogP contribution >= 0.6 is 0 Å². The van der Waals surface area contributed by atoms with Crippen molar-refractivity contribution in [2.24, 2.45) is 0 Å². The van der Waals surface area contributed by atoms with E-state index in [4.69, 9.17) is 0 Å². The number of Topliss-reactive ketones (excluding diaryl/α,β-unsaturated/α-hetero) is 1. The second-order valence-electron chi connectivity index (χ2n) is 5.40. The average molecular weight is 282 g/mol. The minimum absolute atomic E-state index is 0.0968. The van der Waals surface area contributed by atoms with E-state index in [1.54, 1.807) is 0 Å². The number of rotatable bonds is 10. The van der Waals surface area contributed by atoms with Gasteiger partial charge < -0.3 is 9.84 Å². The molecule has 0 aromatic heterocycles. The van der Waals surface area contributed by atoms with Gasteiger partial charge >= 0.3 is 5.97 Å². The minimum atomic E-state index is -0.677. The maximum atomic E-state index is 11.3. The molecule has 0 aromatic carbocycles. The number of ketones is 1. The second kappa shape index (κ2) is 9.56. The Balaban J connectivity index is 2.08. The number of aliphatic hydroxyl groups excluding tert-OH is 1. The molecule has 114 valence electrons. The first-order valence-corrected chi connectivity index (χ1v) is 7.79. The van der Waals surface area contributed by atoms with Crippen LogP contribution < -0.4 is 0 Å². The summed E-state index contributed by atoms with van der Waals surface area (Å²) < 4.78 is 4.58. The molecule has 1 aliphatic heterocycles. The number of carbonyl (C=O) groups is 2. The molecule has 0 amide bonds. The van der Waals surface area contributed by atoms with Gasteiger partial charge in [-0.3, -0.25) is 4.79 Å². The van der Waals surface area contributed by atoms with Crippen molar-refractivity contribution in [3.05, 3.63) is 11.3 Å². The molecule has 1 saturated heterocycles. The van der Waals surface area contributed by atoms with Crippen LogP contribution in [0.5, 0.6) is 0 Å². The normalized spacial score (nSPS) is 17.4. The molecular formula is C16H26O4. The third kappa shape index (κ3) is 5.76. The van der Waals surface area contributed by atoms with Gasteiger partial charge in [-0.05, 0) is 6.42 Å². The van der Waals surface area contributed by atoms with Gasteiger partial charge in [-0.2, -0.15) is 0 Å².